The van der Waals surface area contributed by atoms with E-state index in [0.717, 1.165) is 30.3 Å². The van der Waals surface area contributed by atoms with Crippen molar-refractivity contribution in [1.29, 1.82) is 0 Å². The molecule has 1 aromatic carbocycles. The van der Waals surface area contributed by atoms with Gasteiger partial charge in [0.1, 0.15) is 11.5 Å². The van der Waals surface area contributed by atoms with Gasteiger partial charge in [-0.1, -0.05) is 13.0 Å². The Morgan fingerprint density at radius 3 is 2.71 bits per heavy atom. The zero-order chi connectivity index (χ0) is 14.5. The molecule has 2 aromatic rings. The molecule has 0 bridgehead atoms. The van der Waals surface area contributed by atoms with Crippen LogP contribution in [0.4, 0.5) is 0 Å². The molecular formula is C18H22N2O. The van der Waals surface area contributed by atoms with Crippen molar-refractivity contribution in [2.24, 2.45) is 0 Å². The maximum Gasteiger partial charge on any atom is 0.130 e. The van der Waals surface area contributed by atoms with Crippen LogP contribution in [0, 0.1) is 0 Å². The van der Waals surface area contributed by atoms with Crippen molar-refractivity contribution in [3.8, 4) is 11.5 Å². The monoisotopic (exact) mass is 282 g/mol. The lowest BCUT2D eigenvalue weighted by Crippen LogP contribution is -2.12. The summed E-state index contributed by atoms with van der Waals surface area (Å²) in [5.74, 6) is 1.78. The van der Waals surface area contributed by atoms with E-state index < -0.39 is 0 Å². The van der Waals surface area contributed by atoms with Crippen molar-refractivity contribution in [2.45, 2.75) is 39.2 Å². The van der Waals surface area contributed by atoms with Gasteiger partial charge in [0.15, 0.2) is 0 Å². The topological polar surface area (TPSA) is 34.1 Å². The highest BCUT2D eigenvalue weighted by atomic mass is 16.5. The van der Waals surface area contributed by atoms with E-state index in [1.165, 1.54) is 36.8 Å². The first kappa shape index (κ1) is 14.1. The second-order valence-electron chi connectivity index (χ2n) is 5.50. The van der Waals surface area contributed by atoms with Crippen molar-refractivity contribution in [2.75, 3.05) is 6.54 Å². The minimum absolute atomic E-state index is 0.776. The summed E-state index contributed by atoms with van der Waals surface area (Å²) in [6, 6.07) is 10.4. The second kappa shape index (κ2) is 6.72. The van der Waals surface area contributed by atoms with E-state index in [2.05, 4.69) is 35.4 Å². The number of benzene rings is 1. The molecule has 1 aliphatic carbocycles. The Hall–Kier alpha value is -1.87. The quantitative estimate of drug-likeness (QED) is 0.904. The second-order valence-corrected chi connectivity index (χ2v) is 5.50. The standard InChI is InChI=1S/C18H22N2O/c1-2-19-13-16-12-18(9-10-20-16)21-17-8-7-14-5-3-4-6-15(14)11-17/h7-12,19H,2-6,13H2,1H3. The van der Waals surface area contributed by atoms with E-state index in [4.69, 9.17) is 4.74 Å². The van der Waals surface area contributed by atoms with E-state index in [1.807, 2.05) is 12.1 Å². The molecule has 0 atom stereocenters. The van der Waals surface area contributed by atoms with Crippen LogP contribution in [0.15, 0.2) is 36.5 Å². The van der Waals surface area contributed by atoms with Gasteiger partial charge in [0.25, 0.3) is 0 Å². The summed E-state index contributed by atoms with van der Waals surface area (Å²) in [7, 11) is 0. The third-order valence-electron chi connectivity index (χ3n) is 3.90. The SMILES string of the molecule is CCNCc1cc(Oc2ccc3c(c2)CCCC3)ccn1. The van der Waals surface area contributed by atoms with Gasteiger partial charge >= 0.3 is 0 Å². The van der Waals surface area contributed by atoms with Crippen LogP contribution in [0.3, 0.4) is 0 Å². The number of aryl methyl sites for hydroxylation is 2. The predicted octanol–water partition coefficient (Wildman–Crippen LogP) is 3.86. The molecule has 21 heavy (non-hydrogen) atoms. The molecule has 1 heterocycles. The van der Waals surface area contributed by atoms with Crippen LogP contribution in [0.1, 0.15) is 36.6 Å². The first-order valence-electron chi connectivity index (χ1n) is 7.80. The highest BCUT2D eigenvalue weighted by Gasteiger charge is 2.10. The first-order valence-corrected chi connectivity index (χ1v) is 7.80. The minimum Gasteiger partial charge on any atom is -0.457 e. The van der Waals surface area contributed by atoms with Crippen LogP contribution in [0.5, 0.6) is 11.5 Å². The highest BCUT2D eigenvalue weighted by Crippen LogP contribution is 2.28. The number of pyridine rings is 1. The highest BCUT2D eigenvalue weighted by molar-refractivity contribution is 5.39. The first-order chi connectivity index (χ1) is 10.3. The number of fused-ring (bicyclic) bond motifs is 1. The van der Waals surface area contributed by atoms with Gasteiger partial charge in [0.05, 0.1) is 5.69 Å². The number of nitrogens with zero attached hydrogens (tertiary/aromatic N) is 1. The van der Waals surface area contributed by atoms with Gasteiger partial charge in [0.2, 0.25) is 0 Å². The minimum atomic E-state index is 0.776. The molecule has 0 radical (unpaired) electrons. The number of nitrogens with one attached hydrogen (secondary N) is 1. The lowest BCUT2D eigenvalue weighted by molar-refractivity contribution is 0.478. The lowest BCUT2D eigenvalue weighted by atomic mass is 9.92. The molecule has 0 amide bonds. The summed E-state index contributed by atoms with van der Waals surface area (Å²) >= 11 is 0. The van der Waals surface area contributed by atoms with Crippen LogP contribution < -0.4 is 10.1 Å². The molecule has 3 rings (SSSR count). The summed E-state index contributed by atoms with van der Waals surface area (Å²) in [5, 5.41) is 3.28. The van der Waals surface area contributed by atoms with E-state index in [-0.39, 0.29) is 0 Å². The summed E-state index contributed by atoms with van der Waals surface area (Å²) < 4.78 is 6.00. The normalized spacial score (nSPS) is 13.8. The zero-order valence-corrected chi connectivity index (χ0v) is 12.6. The molecule has 1 aliphatic rings. The third-order valence-corrected chi connectivity index (χ3v) is 3.90. The van der Waals surface area contributed by atoms with Crippen molar-refractivity contribution < 1.29 is 4.74 Å². The van der Waals surface area contributed by atoms with Crippen LogP contribution in [0.2, 0.25) is 0 Å². The molecular weight excluding hydrogens is 260 g/mol. The molecule has 1 aromatic heterocycles. The smallest absolute Gasteiger partial charge is 0.130 e. The van der Waals surface area contributed by atoms with Gasteiger partial charge in [-0.25, -0.2) is 0 Å². The maximum absolute atomic E-state index is 6.00. The molecule has 0 aliphatic heterocycles. The number of aromatic nitrogens is 1. The van der Waals surface area contributed by atoms with Crippen molar-refractivity contribution >= 4 is 0 Å². The zero-order valence-electron chi connectivity index (χ0n) is 12.6. The Kier molecular flexibility index (Phi) is 4.51. The van der Waals surface area contributed by atoms with Gasteiger partial charge in [-0.3, -0.25) is 4.98 Å². The number of hydrogen-bond acceptors (Lipinski definition) is 3. The molecule has 0 saturated carbocycles. The largest absolute Gasteiger partial charge is 0.457 e. The van der Waals surface area contributed by atoms with E-state index in [1.54, 1.807) is 6.20 Å². The number of rotatable bonds is 5. The fourth-order valence-corrected chi connectivity index (χ4v) is 2.78. The Morgan fingerprint density at radius 1 is 1.05 bits per heavy atom. The number of ether oxygens (including phenoxy) is 1. The van der Waals surface area contributed by atoms with Gasteiger partial charge < -0.3 is 10.1 Å². The Bertz CT molecular complexity index is 610. The summed E-state index contributed by atoms with van der Waals surface area (Å²) in [6.45, 7) is 3.81. The Labute approximate surface area is 126 Å². The van der Waals surface area contributed by atoms with Gasteiger partial charge in [-0.2, -0.15) is 0 Å². The summed E-state index contributed by atoms with van der Waals surface area (Å²) in [5.41, 5.74) is 3.93. The van der Waals surface area contributed by atoms with E-state index >= 15 is 0 Å². The van der Waals surface area contributed by atoms with Gasteiger partial charge in [-0.05, 0) is 61.6 Å². The van der Waals surface area contributed by atoms with Crippen molar-refractivity contribution in [1.82, 2.24) is 10.3 Å². The molecule has 3 heteroatoms. The van der Waals surface area contributed by atoms with Gasteiger partial charge in [-0.15, -0.1) is 0 Å². The average molecular weight is 282 g/mol. The van der Waals surface area contributed by atoms with Crippen LogP contribution in [-0.4, -0.2) is 11.5 Å². The molecule has 0 fully saturated rings. The fourth-order valence-electron chi connectivity index (χ4n) is 2.78. The maximum atomic E-state index is 6.00. The van der Waals surface area contributed by atoms with Crippen molar-refractivity contribution in [3.63, 3.8) is 0 Å². The Balaban J connectivity index is 1.74. The molecule has 110 valence electrons. The predicted molar refractivity (Wildman–Crippen MR) is 84.8 cm³/mol. The molecule has 3 nitrogen and oxygen atoms in total. The summed E-state index contributed by atoms with van der Waals surface area (Å²) in [6.07, 6.45) is 6.79. The molecule has 0 unspecified atom stereocenters. The summed E-state index contributed by atoms with van der Waals surface area (Å²) in [4.78, 5) is 4.35. The lowest BCUT2D eigenvalue weighted by Gasteiger charge is -2.16. The van der Waals surface area contributed by atoms with E-state index in [9.17, 15) is 0 Å². The van der Waals surface area contributed by atoms with Gasteiger partial charge in [0, 0.05) is 18.8 Å². The number of hydrogen-bond donors (Lipinski definition) is 1. The Morgan fingerprint density at radius 2 is 1.86 bits per heavy atom. The van der Waals surface area contributed by atoms with Crippen LogP contribution in [0.25, 0.3) is 0 Å². The molecule has 0 saturated heterocycles. The van der Waals surface area contributed by atoms with Crippen molar-refractivity contribution in [3.05, 3.63) is 53.3 Å². The van der Waals surface area contributed by atoms with E-state index in [0.29, 0.717) is 0 Å². The third kappa shape index (κ3) is 3.61. The van der Waals surface area contributed by atoms with Crippen LogP contribution in [-0.2, 0) is 19.4 Å². The fraction of sp³-hybridized carbons (Fsp3) is 0.389. The molecule has 0 spiro atoms. The van der Waals surface area contributed by atoms with Crippen LogP contribution >= 0.6 is 0 Å². The molecule has 1 N–H and O–H groups in total. The average Bonchev–Trinajstić information content (AvgIpc) is 2.53.